The lowest BCUT2D eigenvalue weighted by molar-refractivity contribution is -0.129. The molecule has 1 fully saturated rings. The van der Waals surface area contributed by atoms with Crippen molar-refractivity contribution >= 4 is 41.3 Å². The third-order valence-corrected chi connectivity index (χ3v) is 10.2. The molecule has 0 radical (unpaired) electrons. The van der Waals surface area contributed by atoms with Crippen molar-refractivity contribution in [2.45, 2.75) is 83.5 Å². The number of aromatic nitrogens is 1. The summed E-state index contributed by atoms with van der Waals surface area (Å²) in [4.78, 5) is 44.0. The van der Waals surface area contributed by atoms with Gasteiger partial charge in [0, 0.05) is 29.1 Å². The molecule has 4 N–H and O–H groups in total. The summed E-state index contributed by atoms with van der Waals surface area (Å²) in [6, 6.07) is 24.9. The molecule has 1 aromatic heterocycles. The van der Waals surface area contributed by atoms with E-state index in [9.17, 15) is 14.4 Å². The van der Waals surface area contributed by atoms with Gasteiger partial charge in [0.15, 0.2) is 0 Å². The molecule has 2 unspecified atom stereocenters. The zero-order valence-electron chi connectivity index (χ0n) is 28.9. The summed E-state index contributed by atoms with van der Waals surface area (Å²) in [5.74, 6) is -1.61. The van der Waals surface area contributed by atoms with Crippen molar-refractivity contribution in [1.29, 1.82) is 0 Å². The molecular weight excluding hydrogens is 615 g/mol. The van der Waals surface area contributed by atoms with Crippen LogP contribution in [0.2, 0.25) is 0 Å². The molecule has 4 aromatic rings. The Balaban J connectivity index is 1.18. The normalized spacial score (nSPS) is 17.4. The third kappa shape index (κ3) is 7.50. The Kier molecular flexibility index (Phi) is 9.81. The predicted molar refractivity (Wildman–Crippen MR) is 192 cm³/mol. The maximum Gasteiger partial charge on any atom is 0.482 e. The highest BCUT2D eigenvalue weighted by atomic mass is 16.7. The van der Waals surface area contributed by atoms with Gasteiger partial charge in [0.1, 0.15) is 6.04 Å². The van der Waals surface area contributed by atoms with Crippen LogP contribution in [0.3, 0.4) is 0 Å². The number of carbonyl (C=O) groups is 3. The summed E-state index contributed by atoms with van der Waals surface area (Å²) in [5, 5.41) is 9.94. The molecule has 0 spiro atoms. The van der Waals surface area contributed by atoms with Crippen molar-refractivity contribution < 1.29 is 23.7 Å². The summed E-state index contributed by atoms with van der Waals surface area (Å²) in [6.45, 7) is 9.60. The van der Waals surface area contributed by atoms with Crippen LogP contribution in [0.4, 0.5) is 0 Å². The molecule has 0 bridgehead atoms. The number of aromatic amines is 1. The zero-order chi connectivity index (χ0) is 34.8. The minimum absolute atomic E-state index is 0.256. The number of fused-ring (bicyclic) bond motifs is 2. The van der Waals surface area contributed by atoms with Gasteiger partial charge in [0.05, 0.1) is 23.7 Å². The van der Waals surface area contributed by atoms with E-state index in [-0.39, 0.29) is 18.4 Å². The lowest BCUT2D eigenvalue weighted by Gasteiger charge is -2.32. The molecule has 3 amide bonds. The van der Waals surface area contributed by atoms with Gasteiger partial charge in [-0.2, -0.15) is 0 Å². The van der Waals surface area contributed by atoms with Crippen molar-refractivity contribution in [2.75, 3.05) is 6.54 Å². The summed E-state index contributed by atoms with van der Waals surface area (Å²) in [7, 11) is -0.703. The predicted octanol–water partition coefficient (Wildman–Crippen LogP) is 5.09. The molecule has 6 rings (SSSR count). The van der Waals surface area contributed by atoms with Gasteiger partial charge in [-0.3, -0.25) is 14.4 Å². The van der Waals surface area contributed by atoms with Gasteiger partial charge in [-0.25, -0.2) is 0 Å². The fourth-order valence-corrected chi connectivity index (χ4v) is 6.62. The fourth-order valence-electron chi connectivity index (χ4n) is 6.62. The van der Waals surface area contributed by atoms with Gasteiger partial charge in [0.2, 0.25) is 17.7 Å². The number of carbonyl (C=O) groups excluding carboxylic acids is 3. The molecule has 2 atom stereocenters. The van der Waals surface area contributed by atoms with E-state index < -0.39 is 36.2 Å². The second-order valence-electron chi connectivity index (χ2n) is 14.1. The van der Waals surface area contributed by atoms with E-state index in [2.05, 4.69) is 20.9 Å². The van der Waals surface area contributed by atoms with Gasteiger partial charge in [-0.15, -0.1) is 0 Å². The highest BCUT2D eigenvalue weighted by molar-refractivity contribution is 6.48. The first-order chi connectivity index (χ1) is 23.4. The highest BCUT2D eigenvalue weighted by Crippen LogP contribution is 2.38. The average molecular weight is 661 g/mol. The maximum absolute atomic E-state index is 14.2. The summed E-state index contributed by atoms with van der Waals surface area (Å²) >= 11 is 0. The molecule has 49 heavy (non-hydrogen) atoms. The fraction of sp³-hybridized carbons (Fsp3) is 0.359. The minimum Gasteiger partial charge on any atom is -0.402 e. The first-order valence-corrected chi connectivity index (χ1v) is 17.0. The molecule has 1 aliphatic heterocycles. The second-order valence-corrected chi connectivity index (χ2v) is 14.1. The Morgan fingerprint density at radius 1 is 0.878 bits per heavy atom. The Bertz CT molecular complexity index is 1870. The first kappa shape index (κ1) is 34.2. The molecule has 1 aliphatic carbocycles. The molecule has 3 aromatic carbocycles. The van der Waals surface area contributed by atoms with Crippen molar-refractivity contribution in [2.24, 2.45) is 0 Å². The van der Waals surface area contributed by atoms with Gasteiger partial charge >= 0.3 is 7.12 Å². The lowest BCUT2D eigenvalue weighted by atomic mass is 9.74. The molecular formula is C39H45BN4O5. The molecule has 254 valence electrons. The Morgan fingerprint density at radius 2 is 1.55 bits per heavy atom. The first-order valence-electron chi connectivity index (χ1n) is 17.0. The quantitative estimate of drug-likeness (QED) is 0.158. The summed E-state index contributed by atoms with van der Waals surface area (Å²) in [6.07, 6.45) is 3.82. The number of hydrogen-bond acceptors (Lipinski definition) is 5. The number of hydrogen-bond donors (Lipinski definition) is 4. The number of para-hydroxylation sites is 1. The van der Waals surface area contributed by atoms with E-state index in [0.29, 0.717) is 31.3 Å². The van der Waals surface area contributed by atoms with E-state index in [4.69, 9.17) is 9.31 Å². The third-order valence-electron chi connectivity index (χ3n) is 10.2. The number of H-pyrrole nitrogens is 1. The van der Waals surface area contributed by atoms with Crippen LogP contribution in [0, 0.1) is 0 Å². The Morgan fingerprint density at radius 3 is 2.29 bits per heavy atom. The Labute approximate surface area is 288 Å². The van der Waals surface area contributed by atoms with Crippen LogP contribution in [0.15, 0.2) is 90.6 Å². The standard InChI is InChI=1S/C39H45BN4O5/c1-25-29-16-10-9-15-27(29)22-31(25)36(46)42-24-35(45)43-33(20-19-28-23-41-32-18-12-11-17-30(28)32)37(47)44-34(21-26-13-7-6-8-14-26)40-48-38(2,3)39(4,5)49-40/h6-18,23,33-34,41H,19-22,24H2,1-5H3,(H,42,46)(H,43,45)(H,44,47). The van der Waals surface area contributed by atoms with E-state index in [1.54, 1.807) is 0 Å². The SMILES string of the molecule is CC1=C(C(=O)NCC(=O)NC(CCc2c[nH]c3ccccc23)C(=O)NC(Cc2ccccc2)B2OC(C)(C)C(C)(C)O2)Cc2ccccc21. The lowest BCUT2D eigenvalue weighted by Crippen LogP contribution is -2.56. The van der Waals surface area contributed by atoms with Crippen molar-refractivity contribution in [3.8, 4) is 0 Å². The van der Waals surface area contributed by atoms with Crippen LogP contribution in [-0.4, -0.2) is 59.6 Å². The van der Waals surface area contributed by atoms with Gasteiger partial charge in [0.25, 0.3) is 0 Å². The molecule has 9 nitrogen and oxygen atoms in total. The largest absolute Gasteiger partial charge is 0.482 e. The topological polar surface area (TPSA) is 122 Å². The van der Waals surface area contributed by atoms with Crippen LogP contribution in [0.1, 0.15) is 63.3 Å². The van der Waals surface area contributed by atoms with Crippen LogP contribution in [0.25, 0.3) is 16.5 Å². The van der Waals surface area contributed by atoms with E-state index >= 15 is 0 Å². The smallest absolute Gasteiger partial charge is 0.402 e. The van der Waals surface area contributed by atoms with Gasteiger partial charge in [-0.05, 0) is 87.8 Å². The molecule has 1 saturated heterocycles. The number of allylic oxidation sites excluding steroid dienone is 1. The molecule has 10 heteroatoms. The molecule has 0 saturated carbocycles. The Hall–Kier alpha value is -4.67. The minimum atomic E-state index is -0.879. The van der Waals surface area contributed by atoms with Gasteiger partial charge in [-0.1, -0.05) is 72.8 Å². The second kappa shape index (κ2) is 14.1. The van der Waals surface area contributed by atoms with Crippen LogP contribution in [-0.2, 0) is 43.0 Å². The summed E-state index contributed by atoms with van der Waals surface area (Å²) < 4.78 is 12.8. The maximum atomic E-state index is 14.2. The molecule has 2 heterocycles. The van der Waals surface area contributed by atoms with Crippen LogP contribution >= 0.6 is 0 Å². The number of amides is 3. The number of nitrogens with one attached hydrogen (secondary N) is 4. The van der Waals surface area contributed by atoms with Gasteiger partial charge < -0.3 is 30.2 Å². The van der Waals surface area contributed by atoms with Crippen LogP contribution < -0.4 is 16.0 Å². The zero-order valence-corrected chi connectivity index (χ0v) is 28.9. The monoisotopic (exact) mass is 660 g/mol. The average Bonchev–Trinajstić information content (AvgIpc) is 3.72. The van der Waals surface area contributed by atoms with Crippen LogP contribution in [0.5, 0.6) is 0 Å². The van der Waals surface area contributed by atoms with E-state index in [1.807, 2.05) is 120 Å². The van der Waals surface area contributed by atoms with Crippen molar-refractivity contribution in [1.82, 2.24) is 20.9 Å². The highest BCUT2D eigenvalue weighted by Gasteiger charge is 2.54. The van der Waals surface area contributed by atoms with E-state index in [1.165, 1.54) is 0 Å². The van der Waals surface area contributed by atoms with E-state index in [0.717, 1.165) is 38.7 Å². The number of benzene rings is 3. The number of rotatable bonds is 12. The molecule has 2 aliphatic rings. The summed E-state index contributed by atoms with van der Waals surface area (Å²) in [5.41, 5.74) is 5.60. The van der Waals surface area contributed by atoms with Crippen molar-refractivity contribution in [3.05, 3.63) is 113 Å². The van der Waals surface area contributed by atoms with Crippen molar-refractivity contribution in [3.63, 3.8) is 0 Å². The number of aryl methyl sites for hydroxylation is 1.